The molecule has 0 spiro atoms. The summed E-state index contributed by atoms with van der Waals surface area (Å²) >= 11 is 0. The van der Waals surface area contributed by atoms with Crippen molar-refractivity contribution in [1.29, 1.82) is 0 Å². The molecule has 0 aromatic heterocycles. The third-order valence-corrected chi connectivity index (χ3v) is 7.59. The molecule has 184 valence electrons. The van der Waals surface area contributed by atoms with Crippen LogP contribution in [-0.2, 0) is 11.2 Å². The van der Waals surface area contributed by atoms with E-state index in [0.29, 0.717) is 37.2 Å². The van der Waals surface area contributed by atoms with Crippen molar-refractivity contribution in [3.63, 3.8) is 0 Å². The van der Waals surface area contributed by atoms with E-state index in [1.807, 2.05) is 41.3 Å². The van der Waals surface area contributed by atoms with Gasteiger partial charge in [-0.3, -0.25) is 19.3 Å². The highest BCUT2D eigenvalue weighted by atomic mass is 16.5. The normalized spacial score (nSPS) is 18.7. The third-order valence-electron chi connectivity index (χ3n) is 7.59. The molecule has 3 aliphatic heterocycles. The number of nitrogens with zero attached hydrogens (tertiary/aromatic N) is 3. The molecule has 3 amide bonds. The van der Waals surface area contributed by atoms with E-state index >= 15 is 0 Å². The van der Waals surface area contributed by atoms with Gasteiger partial charge in [0.15, 0.2) is 0 Å². The number of rotatable bonds is 6. The van der Waals surface area contributed by atoms with Crippen molar-refractivity contribution >= 4 is 23.4 Å². The van der Waals surface area contributed by atoms with Crippen LogP contribution in [0, 0.1) is 5.92 Å². The largest absolute Gasteiger partial charge is 0.497 e. The predicted molar refractivity (Wildman–Crippen MR) is 134 cm³/mol. The second kappa shape index (κ2) is 10.1. The molecule has 35 heavy (non-hydrogen) atoms. The number of hydrogen-bond acceptors (Lipinski definition) is 5. The summed E-state index contributed by atoms with van der Waals surface area (Å²) in [7, 11) is 1.62. The monoisotopic (exact) mass is 475 g/mol. The van der Waals surface area contributed by atoms with Gasteiger partial charge in [-0.25, -0.2) is 0 Å². The molecule has 7 heteroatoms. The maximum atomic E-state index is 13.4. The molecule has 0 radical (unpaired) electrons. The second-order valence-electron chi connectivity index (χ2n) is 9.71. The number of fused-ring (bicyclic) bond motifs is 1. The van der Waals surface area contributed by atoms with E-state index in [4.69, 9.17) is 4.74 Å². The number of amides is 3. The molecule has 7 nitrogen and oxygen atoms in total. The van der Waals surface area contributed by atoms with Crippen molar-refractivity contribution in [3.8, 4) is 5.75 Å². The summed E-state index contributed by atoms with van der Waals surface area (Å²) < 4.78 is 5.28. The Morgan fingerprint density at radius 1 is 0.943 bits per heavy atom. The van der Waals surface area contributed by atoms with Crippen LogP contribution < -0.4 is 9.64 Å². The number of imide groups is 1. The van der Waals surface area contributed by atoms with Crippen LogP contribution in [0.5, 0.6) is 5.75 Å². The van der Waals surface area contributed by atoms with Crippen LogP contribution in [-0.4, -0.2) is 67.4 Å². The highest BCUT2D eigenvalue weighted by Gasteiger charge is 2.39. The van der Waals surface area contributed by atoms with Crippen molar-refractivity contribution in [2.45, 2.75) is 38.5 Å². The molecule has 0 bridgehead atoms. The molecule has 0 unspecified atom stereocenters. The highest BCUT2D eigenvalue weighted by Crippen LogP contribution is 2.34. The predicted octanol–water partition coefficient (Wildman–Crippen LogP) is 3.76. The van der Waals surface area contributed by atoms with E-state index in [0.717, 1.165) is 55.8 Å². The number of methoxy groups -OCH3 is 1. The van der Waals surface area contributed by atoms with Crippen molar-refractivity contribution < 1.29 is 19.1 Å². The summed E-state index contributed by atoms with van der Waals surface area (Å²) in [6, 6.07) is 13.2. The second-order valence-corrected chi connectivity index (χ2v) is 9.71. The van der Waals surface area contributed by atoms with Gasteiger partial charge in [0.05, 0.1) is 23.9 Å². The SMILES string of the molecule is COc1cccc(CCN2C(=O)c3cccc(N4CCC(C(=O)N5CCCCC5)CC4)c3C2=O)c1. The highest BCUT2D eigenvalue weighted by molar-refractivity contribution is 6.23. The molecule has 5 rings (SSSR count). The molecule has 3 heterocycles. The molecule has 2 saturated heterocycles. The Bertz CT molecular complexity index is 1120. The molecule has 0 aliphatic carbocycles. The molecular weight excluding hydrogens is 442 g/mol. The maximum absolute atomic E-state index is 13.4. The van der Waals surface area contributed by atoms with Crippen LogP contribution in [0.25, 0.3) is 0 Å². The lowest BCUT2D eigenvalue weighted by molar-refractivity contribution is -0.137. The van der Waals surface area contributed by atoms with Gasteiger partial charge in [0.25, 0.3) is 11.8 Å². The minimum atomic E-state index is -0.232. The van der Waals surface area contributed by atoms with Gasteiger partial charge < -0.3 is 14.5 Å². The van der Waals surface area contributed by atoms with Gasteiger partial charge in [0.2, 0.25) is 5.91 Å². The Morgan fingerprint density at radius 3 is 2.43 bits per heavy atom. The number of piperidine rings is 2. The molecule has 2 aromatic rings. The van der Waals surface area contributed by atoms with Crippen molar-refractivity contribution in [3.05, 3.63) is 59.2 Å². The Morgan fingerprint density at radius 2 is 1.69 bits per heavy atom. The number of ether oxygens (including phenoxy) is 1. The summed E-state index contributed by atoms with van der Waals surface area (Å²) in [5.74, 6) is 0.643. The number of carbonyl (C=O) groups excluding carboxylic acids is 3. The first kappa shape index (κ1) is 23.4. The van der Waals surface area contributed by atoms with E-state index < -0.39 is 0 Å². The van der Waals surface area contributed by atoms with Crippen LogP contribution in [0.1, 0.15) is 58.4 Å². The van der Waals surface area contributed by atoms with Crippen LogP contribution in [0.15, 0.2) is 42.5 Å². The molecule has 2 aromatic carbocycles. The fourth-order valence-corrected chi connectivity index (χ4v) is 5.59. The summed E-state index contributed by atoms with van der Waals surface area (Å²) in [5.41, 5.74) is 2.81. The van der Waals surface area contributed by atoms with Gasteiger partial charge in [0, 0.05) is 38.6 Å². The van der Waals surface area contributed by atoms with Gasteiger partial charge in [-0.15, -0.1) is 0 Å². The summed E-state index contributed by atoms with van der Waals surface area (Å²) in [4.78, 5) is 45.0. The zero-order chi connectivity index (χ0) is 24.4. The average molecular weight is 476 g/mol. The topological polar surface area (TPSA) is 70.2 Å². The number of hydrogen-bond donors (Lipinski definition) is 0. The average Bonchev–Trinajstić information content (AvgIpc) is 3.17. The molecule has 0 saturated carbocycles. The molecule has 2 fully saturated rings. The van der Waals surface area contributed by atoms with E-state index in [1.54, 1.807) is 13.2 Å². The van der Waals surface area contributed by atoms with Gasteiger partial charge >= 0.3 is 0 Å². The van der Waals surface area contributed by atoms with Crippen LogP contribution >= 0.6 is 0 Å². The summed E-state index contributed by atoms with van der Waals surface area (Å²) in [6.07, 6.45) is 5.55. The Balaban J connectivity index is 1.26. The van der Waals surface area contributed by atoms with Gasteiger partial charge in [-0.2, -0.15) is 0 Å². The number of benzene rings is 2. The Kier molecular flexibility index (Phi) is 6.75. The van der Waals surface area contributed by atoms with Gasteiger partial charge in [-0.05, 0) is 68.4 Å². The lowest BCUT2D eigenvalue weighted by Crippen LogP contribution is -2.44. The lowest BCUT2D eigenvalue weighted by atomic mass is 9.93. The fraction of sp³-hybridized carbons (Fsp3) is 0.464. The maximum Gasteiger partial charge on any atom is 0.263 e. The van der Waals surface area contributed by atoms with Gasteiger partial charge in [-0.1, -0.05) is 18.2 Å². The first-order valence-corrected chi connectivity index (χ1v) is 12.7. The first-order valence-electron chi connectivity index (χ1n) is 12.7. The number of likely N-dealkylation sites (tertiary alicyclic amines) is 1. The van der Waals surface area contributed by atoms with E-state index in [1.165, 1.54) is 11.3 Å². The van der Waals surface area contributed by atoms with E-state index in [-0.39, 0.29) is 23.6 Å². The molecular formula is C28H33N3O4. The first-order chi connectivity index (χ1) is 17.1. The summed E-state index contributed by atoms with van der Waals surface area (Å²) in [5, 5.41) is 0. The zero-order valence-electron chi connectivity index (χ0n) is 20.4. The van der Waals surface area contributed by atoms with E-state index in [2.05, 4.69) is 4.90 Å². The number of carbonyl (C=O) groups is 3. The Hall–Kier alpha value is -3.35. The van der Waals surface area contributed by atoms with Crippen molar-refractivity contribution in [2.75, 3.05) is 44.7 Å². The van der Waals surface area contributed by atoms with Crippen LogP contribution in [0.2, 0.25) is 0 Å². The Labute approximate surface area is 206 Å². The minimum absolute atomic E-state index is 0.0535. The quantitative estimate of drug-likeness (QED) is 0.595. The van der Waals surface area contributed by atoms with Crippen LogP contribution in [0.3, 0.4) is 0 Å². The van der Waals surface area contributed by atoms with Gasteiger partial charge in [0.1, 0.15) is 5.75 Å². The van der Waals surface area contributed by atoms with Crippen molar-refractivity contribution in [1.82, 2.24) is 9.80 Å². The summed E-state index contributed by atoms with van der Waals surface area (Å²) in [6.45, 7) is 3.52. The third kappa shape index (κ3) is 4.64. The zero-order valence-corrected chi connectivity index (χ0v) is 20.4. The number of anilines is 1. The smallest absolute Gasteiger partial charge is 0.263 e. The standard InChI is InChI=1S/C28H33N3O4/c1-35-22-8-5-7-20(19-22)11-18-31-27(33)23-9-6-10-24(25(23)28(31)34)29-16-12-21(13-17-29)26(32)30-14-3-2-4-15-30/h5-10,19,21H,2-4,11-18H2,1H3. The van der Waals surface area contributed by atoms with Crippen LogP contribution in [0.4, 0.5) is 5.69 Å². The van der Waals surface area contributed by atoms with Crippen molar-refractivity contribution in [2.24, 2.45) is 5.92 Å². The molecule has 0 N–H and O–H groups in total. The molecule has 3 aliphatic rings. The fourth-order valence-electron chi connectivity index (χ4n) is 5.59. The van der Waals surface area contributed by atoms with E-state index in [9.17, 15) is 14.4 Å². The lowest BCUT2D eigenvalue weighted by Gasteiger charge is -2.37. The minimum Gasteiger partial charge on any atom is -0.497 e. The molecule has 0 atom stereocenters.